The maximum absolute atomic E-state index is 12.4. The first-order valence-corrected chi connectivity index (χ1v) is 8.16. The molecule has 0 saturated heterocycles. The topological polar surface area (TPSA) is 80.6 Å². The molecule has 25 heavy (non-hydrogen) atoms. The Morgan fingerprint density at radius 1 is 1.24 bits per heavy atom. The molecule has 1 amide bonds. The minimum absolute atomic E-state index is 0.0635. The van der Waals surface area contributed by atoms with Gasteiger partial charge >= 0.3 is 0 Å². The van der Waals surface area contributed by atoms with Gasteiger partial charge in [-0.15, -0.1) is 0 Å². The number of nitrogens with one attached hydrogen (secondary N) is 1. The molecule has 1 aromatic heterocycles. The van der Waals surface area contributed by atoms with Gasteiger partial charge in [-0.05, 0) is 58.0 Å². The van der Waals surface area contributed by atoms with Crippen molar-refractivity contribution >= 4 is 11.6 Å². The van der Waals surface area contributed by atoms with E-state index >= 15 is 0 Å². The first kappa shape index (κ1) is 18.7. The van der Waals surface area contributed by atoms with Crippen LogP contribution < -0.4 is 15.6 Å². The van der Waals surface area contributed by atoms with Gasteiger partial charge in [0.05, 0.1) is 12.6 Å². The second kappa shape index (κ2) is 7.53. The number of nitrogens with zero attached hydrogens (tertiary/aromatic N) is 1. The highest BCUT2D eigenvalue weighted by Gasteiger charge is 2.31. The molecule has 2 rings (SSSR count). The average Bonchev–Trinajstić information content (AvgIpc) is 2.52. The maximum Gasteiger partial charge on any atom is 0.257 e. The highest BCUT2D eigenvalue weighted by molar-refractivity contribution is 5.96. The molecule has 0 aliphatic carbocycles. The summed E-state index contributed by atoms with van der Waals surface area (Å²) in [6.45, 7) is 6.87. The van der Waals surface area contributed by atoms with E-state index in [-0.39, 0.29) is 18.2 Å². The molecule has 0 unspecified atom stereocenters. The summed E-state index contributed by atoms with van der Waals surface area (Å²) in [5.74, 6) is 0.117. The Morgan fingerprint density at radius 3 is 2.44 bits per heavy atom. The number of hydrogen-bond donors (Lipinski definition) is 2. The first-order valence-electron chi connectivity index (χ1n) is 8.16. The van der Waals surface area contributed by atoms with Crippen LogP contribution in [0.15, 0.2) is 47.3 Å². The van der Waals surface area contributed by atoms with Gasteiger partial charge < -0.3 is 19.7 Å². The molecular formula is C19H24N2O4. The number of ether oxygens (including phenoxy) is 1. The molecular weight excluding hydrogens is 320 g/mol. The van der Waals surface area contributed by atoms with Crippen molar-refractivity contribution < 1.29 is 14.6 Å². The fourth-order valence-electron chi connectivity index (χ4n) is 2.36. The monoisotopic (exact) mass is 344 g/mol. The van der Waals surface area contributed by atoms with E-state index in [1.54, 1.807) is 43.3 Å². The van der Waals surface area contributed by atoms with Crippen molar-refractivity contribution in [2.45, 2.75) is 45.9 Å². The summed E-state index contributed by atoms with van der Waals surface area (Å²) in [5.41, 5.74) is -0.777. The highest BCUT2D eigenvalue weighted by Crippen LogP contribution is 2.18. The summed E-state index contributed by atoms with van der Waals surface area (Å²) in [4.78, 5) is 24.3. The van der Waals surface area contributed by atoms with E-state index in [1.165, 1.54) is 17.6 Å². The molecule has 0 spiro atoms. The molecule has 1 heterocycles. The van der Waals surface area contributed by atoms with Crippen LogP contribution in [0.5, 0.6) is 5.75 Å². The van der Waals surface area contributed by atoms with Crippen molar-refractivity contribution in [3.8, 4) is 5.75 Å². The Kier molecular flexibility index (Phi) is 5.64. The molecule has 6 nitrogen and oxygen atoms in total. The van der Waals surface area contributed by atoms with Crippen molar-refractivity contribution in [2.24, 2.45) is 0 Å². The lowest BCUT2D eigenvalue weighted by molar-refractivity contribution is -0.133. The van der Waals surface area contributed by atoms with Crippen LogP contribution in [0.3, 0.4) is 0 Å². The Labute approximate surface area is 147 Å². The van der Waals surface area contributed by atoms with Gasteiger partial charge in [0, 0.05) is 17.4 Å². The van der Waals surface area contributed by atoms with Crippen molar-refractivity contribution in [3.05, 3.63) is 58.5 Å². The molecule has 0 bridgehead atoms. The van der Waals surface area contributed by atoms with Crippen LogP contribution in [-0.4, -0.2) is 27.3 Å². The van der Waals surface area contributed by atoms with E-state index in [1.807, 2.05) is 13.8 Å². The number of aryl methyl sites for hydroxylation is 1. The number of rotatable bonds is 6. The van der Waals surface area contributed by atoms with E-state index in [4.69, 9.17) is 4.74 Å². The number of amides is 1. The highest BCUT2D eigenvalue weighted by atomic mass is 16.5. The molecule has 1 aromatic carbocycles. The van der Waals surface area contributed by atoms with Gasteiger partial charge in [-0.3, -0.25) is 9.59 Å². The molecule has 134 valence electrons. The number of aromatic nitrogens is 1. The van der Waals surface area contributed by atoms with Crippen molar-refractivity contribution in [3.63, 3.8) is 0 Å². The molecule has 6 heteroatoms. The summed E-state index contributed by atoms with van der Waals surface area (Å²) >= 11 is 0. The number of carbonyl (C=O) groups is 1. The van der Waals surface area contributed by atoms with Crippen molar-refractivity contribution in [2.75, 3.05) is 5.32 Å². The Hall–Kier alpha value is -2.60. The van der Waals surface area contributed by atoms with Crippen LogP contribution in [0.25, 0.3) is 0 Å². The molecule has 0 radical (unpaired) electrons. The van der Waals surface area contributed by atoms with Gasteiger partial charge in [-0.1, -0.05) is 6.07 Å². The second-order valence-electron chi connectivity index (χ2n) is 6.51. The van der Waals surface area contributed by atoms with Gasteiger partial charge in [-0.2, -0.15) is 0 Å². The quantitative estimate of drug-likeness (QED) is 0.843. The zero-order chi connectivity index (χ0) is 18.6. The average molecular weight is 344 g/mol. The Balaban J connectivity index is 2.09. The lowest BCUT2D eigenvalue weighted by Gasteiger charge is -2.24. The fraction of sp³-hybridized carbons (Fsp3) is 0.368. The third-order valence-corrected chi connectivity index (χ3v) is 3.71. The summed E-state index contributed by atoms with van der Waals surface area (Å²) in [7, 11) is 0. The summed E-state index contributed by atoms with van der Waals surface area (Å²) in [6.07, 6.45) is 0.0635. The number of carbonyl (C=O) groups excluding carboxylic acids is 1. The number of anilines is 1. The van der Waals surface area contributed by atoms with Gasteiger partial charge in [-0.25, -0.2) is 0 Å². The van der Waals surface area contributed by atoms with Crippen LogP contribution >= 0.6 is 0 Å². The van der Waals surface area contributed by atoms with Crippen molar-refractivity contribution in [1.82, 2.24) is 4.57 Å². The molecule has 0 aliphatic heterocycles. The predicted octanol–water partition coefficient (Wildman–Crippen LogP) is 2.33. The minimum atomic E-state index is -1.73. The fourth-order valence-corrected chi connectivity index (χ4v) is 2.36. The second-order valence-corrected chi connectivity index (χ2v) is 6.51. The van der Waals surface area contributed by atoms with E-state index in [2.05, 4.69) is 5.32 Å². The normalized spacial score (nSPS) is 13.4. The van der Waals surface area contributed by atoms with E-state index in [0.717, 1.165) is 0 Å². The van der Waals surface area contributed by atoms with Gasteiger partial charge in [0.1, 0.15) is 5.75 Å². The Bertz CT molecular complexity index is 792. The van der Waals surface area contributed by atoms with Crippen LogP contribution in [0.2, 0.25) is 0 Å². The molecule has 0 aliphatic rings. The third-order valence-electron chi connectivity index (χ3n) is 3.71. The molecule has 1 atom stereocenters. The summed E-state index contributed by atoms with van der Waals surface area (Å²) in [5, 5.41) is 13.2. The maximum atomic E-state index is 12.4. The summed E-state index contributed by atoms with van der Waals surface area (Å²) in [6, 6.07) is 11.7. The SMILES string of the molecule is Cc1cccc(=O)n1C[C@@](C)(O)C(=O)Nc1ccc(OC(C)C)cc1. The molecule has 0 saturated carbocycles. The van der Waals surface area contributed by atoms with Crippen LogP contribution in [0.1, 0.15) is 26.5 Å². The number of aliphatic hydroxyl groups is 1. The predicted molar refractivity (Wildman–Crippen MR) is 96.9 cm³/mol. The van der Waals surface area contributed by atoms with Gasteiger partial charge in [0.2, 0.25) is 0 Å². The van der Waals surface area contributed by atoms with E-state index in [0.29, 0.717) is 17.1 Å². The number of pyridine rings is 1. The van der Waals surface area contributed by atoms with E-state index < -0.39 is 11.5 Å². The van der Waals surface area contributed by atoms with E-state index in [9.17, 15) is 14.7 Å². The molecule has 2 N–H and O–H groups in total. The van der Waals surface area contributed by atoms with Crippen LogP contribution in [-0.2, 0) is 11.3 Å². The molecule has 0 fully saturated rings. The lowest BCUT2D eigenvalue weighted by Crippen LogP contribution is -2.46. The van der Waals surface area contributed by atoms with Gasteiger partial charge in [0.25, 0.3) is 11.5 Å². The minimum Gasteiger partial charge on any atom is -0.491 e. The smallest absolute Gasteiger partial charge is 0.257 e. The van der Waals surface area contributed by atoms with Crippen LogP contribution in [0.4, 0.5) is 5.69 Å². The first-order chi connectivity index (χ1) is 11.7. The third kappa shape index (κ3) is 4.93. The summed E-state index contributed by atoms with van der Waals surface area (Å²) < 4.78 is 6.92. The van der Waals surface area contributed by atoms with Crippen LogP contribution in [0, 0.1) is 6.92 Å². The Morgan fingerprint density at radius 2 is 1.88 bits per heavy atom. The standard InChI is InChI=1S/C19H24N2O4/c1-13(2)25-16-10-8-15(9-11-16)20-18(23)19(4,24)12-21-14(3)6-5-7-17(21)22/h5-11,13,24H,12H2,1-4H3,(H,20,23)/t19-/m1/s1. The number of hydrogen-bond acceptors (Lipinski definition) is 4. The zero-order valence-electron chi connectivity index (χ0n) is 14.9. The molecule has 2 aromatic rings. The number of benzene rings is 1. The van der Waals surface area contributed by atoms with Gasteiger partial charge in [0.15, 0.2) is 5.60 Å². The largest absolute Gasteiger partial charge is 0.491 e. The van der Waals surface area contributed by atoms with Crippen molar-refractivity contribution in [1.29, 1.82) is 0 Å². The zero-order valence-corrected chi connectivity index (χ0v) is 14.9. The lowest BCUT2D eigenvalue weighted by atomic mass is 10.1.